The average Bonchev–Trinajstić information content (AvgIpc) is 2.95. The highest BCUT2D eigenvalue weighted by atomic mass is 32.1. The summed E-state index contributed by atoms with van der Waals surface area (Å²) in [5, 5.41) is 6.61. The van der Waals surface area contributed by atoms with Crippen molar-refractivity contribution in [3.63, 3.8) is 0 Å². The van der Waals surface area contributed by atoms with Gasteiger partial charge in [0.2, 0.25) is 0 Å². The molecule has 6 nitrogen and oxygen atoms in total. The molecule has 2 atom stereocenters. The number of carbonyl (C=O) groups excluding carboxylic acids is 2. The van der Waals surface area contributed by atoms with Gasteiger partial charge in [-0.25, -0.2) is 0 Å². The van der Waals surface area contributed by atoms with Crippen molar-refractivity contribution in [1.82, 2.24) is 5.32 Å². The lowest BCUT2D eigenvalue weighted by Gasteiger charge is -2.03. The summed E-state index contributed by atoms with van der Waals surface area (Å²) in [6, 6.07) is 0.331. The molecule has 1 saturated carbocycles. The molecule has 0 spiro atoms. The fourth-order valence-corrected chi connectivity index (χ4v) is 3.07. The summed E-state index contributed by atoms with van der Waals surface area (Å²) in [5.41, 5.74) is 11.7. The van der Waals surface area contributed by atoms with Gasteiger partial charge in [-0.05, 0) is 18.8 Å². The Balaban J connectivity index is 2.26. The molecule has 6 N–H and O–H groups in total. The summed E-state index contributed by atoms with van der Waals surface area (Å²) >= 11 is 1.19. The zero-order chi connectivity index (χ0) is 14.9. The highest BCUT2D eigenvalue weighted by Gasteiger charge is 2.35. The maximum atomic E-state index is 12.0. The van der Waals surface area contributed by atoms with E-state index in [2.05, 4.69) is 17.6 Å². The molecule has 0 saturated heterocycles. The number of hydrogen-bond acceptors (Lipinski definition) is 5. The van der Waals surface area contributed by atoms with Gasteiger partial charge in [-0.15, -0.1) is 11.3 Å². The van der Waals surface area contributed by atoms with Gasteiger partial charge in [0.25, 0.3) is 11.8 Å². The monoisotopic (exact) mass is 296 g/mol. The Morgan fingerprint density at radius 3 is 2.60 bits per heavy atom. The molecule has 110 valence electrons. The predicted molar refractivity (Wildman–Crippen MR) is 81.1 cm³/mol. The molecule has 0 bridgehead atoms. The molecule has 20 heavy (non-hydrogen) atoms. The summed E-state index contributed by atoms with van der Waals surface area (Å²) in [6.45, 7) is 4.66. The van der Waals surface area contributed by atoms with Crippen LogP contribution >= 0.6 is 11.3 Å². The number of rotatable bonds is 6. The first kappa shape index (κ1) is 14.6. The van der Waals surface area contributed by atoms with E-state index in [1.807, 2.05) is 6.92 Å². The number of nitrogens with one attached hydrogen (secondary N) is 2. The van der Waals surface area contributed by atoms with E-state index in [0.717, 1.165) is 12.8 Å². The van der Waals surface area contributed by atoms with Crippen molar-refractivity contribution in [3.05, 3.63) is 10.4 Å². The van der Waals surface area contributed by atoms with Crippen molar-refractivity contribution < 1.29 is 9.59 Å². The van der Waals surface area contributed by atoms with Gasteiger partial charge in [0.1, 0.15) is 9.88 Å². The Morgan fingerprint density at radius 1 is 1.45 bits per heavy atom. The molecule has 1 aromatic heterocycles. The first-order valence-electron chi connectivity index (χ1n) is 6.72. The minimum absolute atomic E-state index is 0.173. The first-order chi connectivity index (χ1) is 9.45. The maximum absolute atomic E-state index is 12.0. The standard InChI is InChI=1S/C13H20N4O2S/c1-3-4-16-12(19)10-9(14)8(11(15)18)13(20-10)17-7-5-6(7)2/h6-7,17H,3-5,14H2,1-2H3,(H2,15,18)(H,16,19). The minimum Gasteiger partial charge on any atom is -0.397 e. The zero-order valence-corrected chi connectivity index (χ0v) is 12.5. The quantitative estimate of drug-likeness (QED) is 0.635. The van der Waals surface area contributed by atoms with Crippen LogP contribution in [0.25, 0.3) is 0 Å². The molecule has 0 aliphatic heterocycles. The summed E-state index contributed by atoms with van der Waals surface area (Å²) in [7, 11) is 0. The van der Waals surface area contributed by atoms with Gasteiger partial charge in [-0.2, -0.15) is 0 Å². The molecular weight excluding hydrogens is 276 g/mol. The number of carbonyl (C=O) groups is 2. The van der Waals surface area contributed by atoms with E-state index in [-0.39, 0.29) is 17.2 Å². The summed E-state index contributed by atoms with van der Waals surface area (Å²) < 4.78 is 0. The molecule has 0 radical (unpaired) electrons. The van der Waals surface area contributed by atoms with Gasteiger partial charge >= 0.3 is 0 Å². The Labute approximate surface area is 121 Å². The molecule has 2 unspecified atom stereocenters. The van der Waals surface area contributed by atoms with Crippen molar-refractivity contribution in [2.45, 2.75) is 32.7 Å². The van der Waals surface area contributed by atoms with Crippen molar-refractivity contribution >= 4 is 33.8 Å². The molecule has 1 aromatic rings. The van der Waals surface area contributed by atoms with E-state index in [9.17, 15) is 9.59 Å². The Bertz CT molecular complexity index is 541. The number of primary amides is 1. The molecule has 1 heterocycles. The summed E-state index contributed by atoms with van der Waals surface area (Å²) in [5.74, 6) is -0.297. The molecule has 2 rings (SSSR count). The number of anilines is 2. The van der Waals surface area contributed by atoms with E-state index in [0.29, 0.717) is 28.4 Å². The van der Waals surface area contributed by atoms with Crippen LogP contribution in [0.4, 0.5) is 10.7 Å². The fraction of sp³-hybridized carbons (Fsp3) is 0.538. The van der Waals surface area contributed by atoms with Gasteiger partial charge in [0, 0.05) is 12.6 Å². The Morgan fingerprint density at radius 2 is 2.10 bits per heavy atom. The number of amides is 2. The van der Waals surface area contributed by atoms with Gasteiger partial charge < -0.3 is 22.1 Å². The third kappa shape index (κ3) is 2.87. The van der Waals surface area contributed by atoms with Crippen LogP contribution in [-0.4, -0.2) is 24.4 Å². The third-order valence-electron chi connectivity index (χ3n) is 3.36. The van der Waals surface area contributed by atoms with E-state index in [1.54, 1.807) is 0 Å². The molecule has 1 aliphatic rings. The SMILES string of the molecule is CCCNC(=O)c1sc(NC2CC2C)c(C(N)=O)c1N. The highest BCUT2D eigenvalue weighted by molar-refractivity contribution is 7.19. The molecule has 0 aromatic carbocycles. The second kappa shape index (κ2) is 5.70. The molecule has 1 aliphatic carbocycles. The van der Waals surface area contributed by atoms with E-state index >= 15 is 0 Å². The highest BCUT2D eigenvalue weighted by Crippen LogP contribution is 2.40. The topological polar surface area (TPSA) is 110 Å². The molecule has 7 heteroatoms. The zero-order valence-electron chi connectivity index (χ0n) is 11.7. The number of nitrogens with two attached hydrogens (primary N) is 2. The number of thiophene rings is 1. The fourth-order valence-electron chi connectivity index (χ4n) is 1.97. The van der Waals surface area contributed by atoms with Crippen molar-refractivity contribution in [2.24, 2.45) is 11.7 Å². The average molecular weight is 296 g/mol. The van der Waals surface area contributed by atoms with Crippen LogP contribution in [0, 0.1) is 5.92 Å². The summed E-state index contributed by atoms with van der Waals surface area (Å²) in [4.78, 5) is 23.9. The second-order valence-corrected chi connectivity index (χ2v) is 6.15. The van der Waals surface area contributed by atoms with E-state index in [1.165, 1.54) is 11.3 Å². The lowest BCUT2D eigenvalue weighted by atomic mass is 10.2. The van der Waals surface area contributed by atoms with Crippen LogP contribution in [0.15, 0.2) is 0 Å². The van der Waals surface area contributed by atoms with Gasteiger partial charge in [-0.3, -0.25) is 9.59 Å². The van der Waals surface area contributed by atoms with Gasteiger partial charge in [0.05, 0.1) is 11.3 Å². The van der Waals surface area contributed by atoms with Crippen LogP contribution in [0.3, 0.4) is 0 Å². The molecule has 1 fully saturated rings. The van der Waals surface area contributed by atoms with Gasteiger partial charge in [0.15, 0.2) is 0 Å². The molecular formula is C13H20N4O2S. The lowest BCUT2D eigenvalue weighted by molar-refractivity contribution is 0.0958. The Kier molecular flexibility index (Phi) is 4.17. The van der Waals surface area contributed by atoms with Crippen molar-refractivity contribution in [2.75, 3.05) is 17.6 Å². The smallest absolute Gasteiger partial charge is 0.263 e. The number of hydrogen-bond donors (Lipinski definition) is 4. The van der Waals surface area contributed by atoms with Crippen LogP contribution in [0.5, 0.6) is 0 Å². The normalized spacial score (nSPS) is 20.5. The first-order valence-corrected chi connectivity index (χ1v) is 7.54. The van der Waals surface area contributed by atoms with Crippen molar-refractivity contribution in [3.8, 4) is 0 Å². The van der Waals surface area contributed by atoms with Crippen LogP contribution < -0.4 is 22.1 Å². The Hall–Kier alpha value is -1.76. The van der Waals surface area contributed by atoms with Crippen LogP contribution in [0.2, 0.25) is 0 Å². The predicted octanol–water partition coefficient (Wildman–Crippen LogP) is 1.39. The largest absolute Gasteiger partial charge is 0.397 e. The lowest BCUT2D eigenvalue weighted by Crippen LogP contribution is -2.24. The summed E-state index contributed by atoms with van der Waals surface area (Å²) in [6.07, 6.45) is 1.89. The minimum atomic E-state index is -0.607. The molecule has 2 amide bonds. The van der Waals surface area contributed by atoms with Crippen LogP contribution in [0.1, 0.15) is 46.7 Å². The third-order valence-corrected chi connectivity index (χ3v) is 4.49. The number of nitrogen functional groups attached to an aromatic ring is 1. The van der Waals surface area contributed by atoms with E-state index < -0.39 is 5.91 Å². The van der Waals surface area contributed by atoms with Crippen molar-refractivity contribution in [1.29, 1.82) is 0 Å². The maximum Gasteiger partial charge on any atom is 0.263 e. The van der Waals surface area contributed by atoms with Gasteiger partial charge in [-0.1, -0.05) is 13.8 Å². The second-order valence-electron chi connectivity index (χ2n) is 5.13. The van der Waals surface area contributed by atoms with E-state index in [4.69, 9.17) is 11.5 Å². The van der Waals surface area contributed by atoms with Crippen LogP contribution in [-0.2, 0) is 0 Å².